The number of aryl methyl sites for hydroxylation is 1. The van der Waals surface area contributed by atoms with Gasteiger partial charge in [-0.05, 0) is 32.3 Å². The number of piperidine rings is 1. The van der Waals surface area contributed by atoms with Crippen molar-refractivity contribution < 1.29 is 9.53 Å². The van der Waals surface area contributed by atoms with Crippen LogP contribution in [0.2, 0.25) is 0 Å². The average Bonchev–Trinajstić information content (AvgIpc) is 2.80. The molecule has 6 heteroatoms. The van der Waals surface area contributed by atoms with E-state index in [4.69, 9.17) is 4.74 Å². The Morgan fingerprint density at radius 3 is 2.79 bits per heavy atom. The van der Waals surface area contributed by atoms with Gasteiger partial charge in [-0.15, -0.1) is 0 Å². The highest BCUT2D eigenvalue weighted by Gasteiger charge is 2.29. The van der Waals surface area contributed by atoms with Crippen molar-refractivity contribution in [2.75, 3.05) is 39.4 Å². The lowest BCUT2D eigenvalue weighted by molar-refractivity contribution is -0.130. The maximum atomic E-state index is 11.5. The van der Waals surface area contributed by atoms with Crippen molar-refractivity contribution in [3.63, 3.8) is 0 Å². The molecule has 0 saturated carbocycles. The molecule has 0 aliphatic carbocycles. The second-order valence-corrected chi connectivity index (χ2v) is 7.03. The van der Waals surface area contributed by atoms with Gasteiger partial charge in [-0.3, -0.25) is 9.69 Å². The summed E-state index contributed by atoms with van der Waals surface area (Å²) in [6.45, 7) is 9.07. The number of likely N-dealkylation sites (tertiary alicyclic amines) is 1. The van der Waals surface area contributed by atoms with E-state index in [-0.39, 0.29) is 5.91 Å². The summed E-state index contributed by atoms with van der Waals surface area (Å²) in [5, 5.41) is 0. The largest absolute Gasteiger partial charge is 0.380 e. The molecule has 0 unspecified atom stereocenters. The van der Waals surface area contributed by atoms with Crippen LogP contribution in [-0.2, 0) is 16.0 Å². The van der Waals surface area contributed by atoms with E-state index in [1.54, 1.807) is 13.3 Å². The van der Waals surface area contributed by atoms with Gasteiger partial charge in [-0.2, -0.15) is 0 Å². The first-order valence-electron chi connectivity index (χ1n) is 8.96. The van der Waals surface area contributed by atoms with E-state index < -0.39 is 0 Å². The summed E-state index contributed by atoms with van der Waals surface area (Å²) in [6.07, 6.45) is 4.72. The van der Waals surface area contributed by atoms with E-state index in [0.717, 1.165) is 70.0 Å². The molecular formula is C18H28N4O2. The van der Waals surface area contributed by atoms with Gasteiger partial charge in [0.05, 0.1) is 13.2 Å². The summed E-state index contributed by atoms with van der Waals surface area (Å²) in [5.74, 6) is 0.664. The number of hydrogen-bond acceptors (Lipinski definition) is 5. The Hall–Kier alpha value is -1.53. The van der Waals surface area contributed by atoms with Gasteiger partial charge in [0.25, 0.3) is 0 Å². The first kappa shape index (κ1) is 17.3. The first-order valence-corrected chi connectivity index (χ1v) is 8.96. The fourth-order valence-corrected chi connectivity index (χ4v) is 3.83. The van der Waals surface area contributed by atoms with Gasteiger partial charge in [-0.1, -0.05) is 0 Å². The second-order valence-electron chi connectivity index (χ2n) is 7.03. The summed E-state index contributed by atoms with van der Waals surface area (Å²) in [5.41, 5.74) is 2.12. The van der Waals surface area contributed by atoms with Crippen molar-refractivity contribution in [3.05, 3.63) is 23.8 Å². The van der Waals surface area contributed by atoms with Gasteiger partial charge in [0.1, 0.15) is 6.33 Å². The number of aromatic nitrogens is 2. The fourth-order valence-electron chi connectivity index (χ4n) is 3.83. The Labute approximate surface area is 144 Å². The van der Waals surface area contributed by atoms with Crippen LogP contribution in [0.5, 0.6) is 0 Å². The average molecular weight is 332 g/mol. The van der Waals surface area contributed by atoms with Crippen molar-refractivity contribution >= 4 is 5.91 Å². The van der Waals surface area contributed by atoms with Crippen LogP contribution < -0.4 is 0 Å². The normalized spacial score (nSPS) is 23.9. The lowest BCUT2D eigenvalue weighted by Crippen LogP contribution is -2.47. The molecule has 6 nitrogen and oxygen atoms in total. The van der Waals surface area contributed by atoms with E-state index in [0.29, 0.717) is 12.0 Å². The van der Waals surface area contributed by atoms with E-state index in [9.17, 15) is 4.79 Å². The van der Waals surface area contributed by atoms with Crippen LogP contribution in [-0.4, -0.2) is 71.1 Å². The predicted octanol–water partition coefficient (Wildman–Crippen LogP) is 1.29. The smallest absolute Gasteiger partial charge is 0.219 e. The molecule has 132 valence electrons. The van der Waals surface area contributed by atoms with Crippen molar-refractivity contribution in [2.24, 2.45) is 5.92 Å². The van der Waals surface area contributed by atoms with Gasteiger partial charge in [0.15, 0.2) is 0 Å². The summed E-state index contributed by atoms with van der Waals surface area (Å²) < 4.78 is 5.84. The van der Waals surface area contributed by atoms with Gasteiger partial charge < -0.3 is 9.64 Å². The molecule has 0 spiro atoms. The van der Waals surface area contributed by atoms with E-state index in [1.807, 2.05) is 11.8 Å². The minimum absolute atomic E-state index is 0.199. The number of rotatable bonds is 3. The van der Waals surface area contributed by atoms with Crippen molar-refractivity contribution in [1.82, 2.24) is 19.8 Å². The lowest BCUT2D eigenvalue weighted by Gasteiger charge is -2.38. The van der Waals surface area contributed by atoms with E-state index >= 15 is 0 Å². The highest BCUT2D eigenvalue weighted by molar-refractivity contribution is 5.73. The summed E-state index contributed by atoms with van der Waals surface area (Å²) in [4.78, 5) is 24.6. The van der Waals surface area contributed by atoms with Crippen LogP contribution in [0.1, 0.15) is 31.2 Å². The summed E-state index contributed by atoms with van der Waals surface area (Å²) >= 11 is 0. The third-order valence-corrected chi connectivity index (χ3v) is 5.15. The number of hydrogen-bond donors (Lipinski definition) is 0. The second kappa shape index (κ2) is 8.03. The predicted molar refractivity (Wildman–Crippen MR) is 91.6 cm³/mol. The lowest BCUT2D eigenvalue weighted by atomic mass is 9.99. The Balaban J connectivity index is 1.58. The monoisotopic (exact) mass is 332 g/mol. The summed E-state index contributed by atoms with van der Waals surface area (Å²) in [7, 11) is 0. The standard InChI is InChI=1S/C18H28N4O2/c1-14-9-17(20-13-19-14)10-16-11-22(7-8-24-12-16)18-3-5-21(6-4-18)15(2)23/h9,13,16,18H,3-8,10-12H2,1-2H3/t16-/m1/s1. The molecule has 0 aromatic carbocycles. The van der Waals surface area contributed by atoms with Crippen LogP contribution in [0, 0.1) is 12.8 Å². The number of carbonyl (C=O) groups is 1. The molecule has 1 aromatic heterocycles. The molecule has 24 heavy (non-hydrogen) atoms. The third-order valence-electron chi connectivity index (χ3n) is 5.15. The van der Waals surface area contributed by atoms with Crippen LogP contribution >= 0.6 is 0 Å². The Morgan fingerprint density at radius 2 is 2.08 bits per heavy atom. The minimum Gasteiger partial charge on any atom is -0.380 e. The minimum atomic E-state index is 0.199. The molecule has 2 aliphatic heterocycles. The zero-order chi connectivity index (χ0) is 16.9. The molecular weight excluding hydrogens is 304 g/mol. The topological polar surface area (TPSA) is 58.6 Å². The Kier molecular flexibility index (Phi) is 5.79. The number of carbonyl (C=O) groups excluding carboxylic acids is 1. The van der Waals surface area contributed by atoms with Gasteiger partial charge in [0.2, 0.25) is 5.91 Å². The van der Waals surface area contributed by atoms with E-state index in [2.05, 4.69) is 20.9 Å². The molecule has 0 bridgehead atoms. The molecule has 3 heterocycles. The zero-order valence-corrected chi connectivity index (χ0v) is 14.8. The third kappa shape index (κ3) is 4.51. The molecule has 2 fully saturated rings. The molecule has 1 amide bonds. The van der Waals surface area contributed by atoms with Crippen LogP contribution in [0.3, 0.4) is 0 Å². The number of amides is 1. The maximum Gasteiger partial charge on any atom is 0.219 e. The van der Waals surface area contributed by atoms with Crippen LogP contribution in [0.15, 0.2) is 12.4 Å². The van der Waals surface area contributed by atoms with Gasteiger partial charge in [-0.25, -0.2) is 9.97 Å². The SMILES string of the molecule is CC(=O)N1CCC(N2CCOC[C@H](Cc3cc(C)ncn3)C2)CC1. The maximum absolute atomic E-state index is 11.5. The highest BCUT2D eigenvalue weighted by Crippen LogP contribution is 2.21. The van der Waals surface area contributed by atoms with Crippen LogP contribution in [0.25, 0.3) is 0 Å². The molecule has 1 aromatic rings. The highest BCUT2D eigenvalue weighted by atomic mass is 16.5. The molecule has 1 atom stereocenters. The zero-order valence-electron chi connectivity index (χ0n) is 14.8. The van der Waals surface area contributed by atoms with Gasteiger partial charge >= 0.3 is 0 Å². The summed E-state index contributed by atoms with van der Waals surface area (Å²) in [6, 6.07) is 2.64. The molecule has 2 saturated heterocycles. The van der Waals surface area contributed by atoms with Crippen molar-refractivity contribution in [3.8, 4) is 0 Å². The Bertz CT molecular complexity index is 558. The quantitative estimate of drug-likeness (QED) is 0.835. The van der Waals surface area contributed by atoms with Gasteiger partial charge in [0, 0.05) is 56.5 Å². The Morgan fingerprint density at radius 1 is 1.29 bits per heavy atom. The van der Waals surface area contributed by atoms with Crippen molar-refractivity contribution in [2.45, 2.75) is 39.2 Å². The molecule has 0 radical (unpaired) electrons. The fraction of sp³-hybridized carbons (Fsp3) is 0.722. The first-order chi connectivity index (χ1) is 11.6. The number of nitrogens with zero attached hydrogens (tertiary/aromatic N) is 4. The molecule has 2 aliphatic rings. The number of ether oxygens (including phenoxy) is 1. The van der Waals surface area contributed by atoms with E-state index in [1.165, 1.54) is 0 Å². The van der Waals surface area contributed by atoms with Crippen molar-refractivity contribution in [1.29, 1.82) is 0 Å². The molecule has 0 N–H and O–H groups in total. The molecule has 3 rings (SSSR count). The van der Waals surface area contributed by atoms with Crippen LogP contribution in [0.4, 0.5) is 0 Å².